The van der Waals surface area contributed by atoms with Crippen molar-refractivity contribution in [2.45, 2.75) is 31.9 Å². The Morgan fingerprint density at radius 2 is 1.86 bits per heavy atom. The van der Waals surface area contributed by atoms with Gasteiger partial charge in [-0.1, -0.05) is 24.6 Å². The van der Waals surface area contributed by atoms with Crippen LogP contribution in [0.3, 0.4) is 0 Å². The number of aryl methyl sites for hydroxylation is 1. The van der Waals surface area contributed by atoms with Gasteiger partial charge in [0.25, 0.3) is 0 Å². The summed E-state index contributed by atoms with van der Waals surface area (Å²) in [6.45, 7) is 0.639. The minimum atomic E-state index is -4.42. The summed E-state index contributed by atoms with van der Waals surface area (Å²) in [5.41, 5.74) is 4.67. The van der Waals surface area contributed by atoms with Gasteiger partial charge in [-0.05, 0) is 25.5 Å². The number of nitrogens with zero attached hydrogens (tertiary/aromatic N) is 2. The zero-order valence-corrected chi connectivity index (χ0v) is 11.5. The molecule has 7 heteroatoms. The Hall–Kier alpha value is -1.89. The first-order chi connectivity index (χ1) is 10.0. The highest BCUT2D eigenvalue weighted by Crippen LogP contribution is 2.35. The third kappa shape index (κ3) is 4.04. The van der Waals surface area contributed by atoms with Crippen molar-refractivity contribution in [2.24, 2.45) is 5.73 Å². The molecule has 4 nitrogen and oxygen atoms in total. The second-order valence-corrected chi connectivity index (χ2v) is 4.75. The molecule has 0 spiro atoms. The molecule has 0 aliphatic rings. The largest absolute Gasteiger partial charge is 0.417 e. The van der Waals surface area contributed by atoms with E-state index in [1.54, 1.807) is 6.07 Å². The number of aromatic amines is 1. The van der Waals surface area contributed by atoms with Crippen molar-refractivity contribution in [1.29, 1.82) is 0 Å². The van der Waals surface area contributed by atoms with E-state index in [-0.39, 0.29) is 11.4 Å². The quantitative estimate of drug-likeness (QED) is 0.805. The van der Waals surface area contributed by atoms with Gasteiger partial charge < -0.3 is 5.73 Å². The summed E-state index contributed by atoms with van der Waals surface area (Å²) in [6.07, 6.45) is -0.990. The van der Waals surface area contributed by atoms with Gasteiger partial charge in [-0.3, -0.25) is 5.10 Å². The second kappa shape index (κ2) is 6.71. The molecule has 0 saturated heterocycles. The molecule has 1 aromatic carbocycles. The van der Waals surface area contributed by atoms with Crippen molar-refractivity contribution in [2.75, 3.05) is 6.54 Å². The molecule has 0 atom stereocenters. The Bertz CT molecular complexity index is 578. The molecule has 1 heterocycles. The van der Waals surface area contributed by atoms with Crippen molar-refractivity contribution in [1.82, 2.24) is 15.2 Å². The zero-order valence-electron chi connectivity index (χ0n) is 11.5. The van der Waals surface area contributed by atoms with Crippen LogP contribution in [0.15, 0.2) is 24.3 Å². The SMILES string of the molecule is NCCCCCc1nc(-c2ccccc2C(F)(F)F)n[nH]1. The maximum absolute atomic E-state index is 13.0. The molecule has 0 aliphatic heterocycles. The average molecular weight is 298 g/mol. The van der Waals surface area contributed by atoms with Crippen molar-refractivity contribution in [3.8, 4) is 11.4 Å². The number of benzene rings is 1. The van der Waals surface area contributed by atoms with E-state index in [2.05, 4.69) is 15.2 Å². The summed E-state index contributed by atoms with van der Waals surface area (Å²) >= 11 is 0. The fourth-order valence-electron chi connectivity index (χ4n) is 2.07. The lowest BCUT2D eigenvalue weighted by Gasteiger charge is -2.09. The summed E-state index contributed by atoms with van der Waals surface area (Å²) in [4.78, 5) is 4.15. The summed E-state index contributed by atoms with van der Waals surface area (Å²) < 4.78 is 38.9. The maximum atomic E-state index is 13.0. The van der Waals surface area contributed by atoms with Crippen LogP contribution < -0.4 is 5.73 Å². The zero-order chi connectivity index (χ0) is 15.3. The molecule has 0 unspecified atom stereocenters. The maximum Gasteiger partial charge on any atom is 0.417 e. The number of nitrogens with one attached hydrogen (secondary N) is 1. The molecule has 21 heavy (non-hydrogen) atoms. The third-order valence-electron chi connectivity index (χ3n) is 3.12. The van der Waals surface area contributed by atoms with Crippen LogP contribution in [0.2, 0.25) is 0 Å². The van der Waals surface area contributed by atoms with Gasteiger partial charge in [0.15, 0.2) is 5.82 Å². The molecule has 3 N–H and O–H groups in total. The normalized spacial score (nSPS) is 11.8. The van der Waals surface area contributed by atoms with Crippen LogP contribution >= 0.6 is 0 Å². The number of halogens is 3. The summed E-state index contributed by atoms with van der Waals surface area (Å²) in [6, 6.07) is 5.31. The summed E-state index contributed by atoms with van der Waals surface area (Å²) in [7, 11) is 0. The smallest absolute Gasteiger partial charge is 0.330 e. The molecular formula is C14H17F3N4. The van der Waals surface area contributed by atoms with Crippen LogP contribution in [0.5, 0.6) is 0 Å². The Morgan fingerprint density at radius 1 is 1.10 bits per heavy atom. The summed E-state index contributed by atoms with van der Waals surface area (Å²) in [5.74, 6) is 0.677. The van der Waals surface area contributed by atoms with E-state index in [4.69, 9.17) is 5.73 Å². The van der Waals surface area contributed by atoms with Crippen molar-refractivity contribution >= 4 is 0 Å². The van der Waals surface area contributed by atoms with E-state index < -0.39 is 11.7 Å². The van der Waals surface area contributed by atoms with Gasteiger partial charge in [0, 0.05) is 12.0 Å². The van der Waals surface area contributed by atoms with Gasteiger partial charge in [-0.25, -0.2) is 4.98 Å². The van der Waals surface area contributed by atoms with E-state index in [0.29, 0.717) is 18.8 Å². The molecular weight excluding hydrogens is 281 g/mol. The van der Waals surface area contributed by atoms with E-state index in [1.165, 1.54) is 12.1 Å². The van der Waals surface area contributed by atoms with Gasteiger partial charge in [0.2, 0.25) is 0 Å². The first kappa shape index (κ1) is 15.5. The average Bonchev–Trinajstić information content (AvgIpc) is 2.91. The molecule has 0 bridgehead atoms. The third-order valence-corrected chi connectivity index (χ3v) is 3.12. The molecule has 2 aromatic rings. The van der Waals surface area contributed by atoms with Gasteiger partial charge >= 0.3 is 6.18 Å². The highest BCUT2D eigenvalue weighted by Gasteiger charge is 2.34. The Labute approximate surface area is 120 Å². The fourth-order valence-corrected chi connectivity index (χ4v) is 2.07. The highest BCUT2D eigenvalue weighted by atomic mass is 19.4. The molecule has 1 aromatic heterocycles. The van der Waals surface area contributed by atoms with Gasteiger partial charge in [0.1, 0.15) is 5.82 Å². The van der Waals surface area contributed by atoms with Crippen molar-refractivity contribution in [3.63, 3.8) is 0 Å². The molecule has 0 saturated carbocycles. The first-order valence-electron chi connectivity index (χ1n) is 6.80. The predicted molar refractivity (Wildman–Crippen MR) is 73.4 cm³/mol. The van der Waals surface area contributed by atoms with Crippen LogP contribution in [0.25, 0.3) is 11.4 Å². The number of unbranched alkanes of at least 4 members (excludes halogenated alkanes) is 2. The van der Waals surface area contributed by atoms with Gasteiger partial charge in [-0.15, -0.1) is 0 Å². The Balaban J connectivity index is 2.15. The van der Waals surface area contributed by atoms with Crippen LogP contribution in [0.1, 0.15) is 30.7 Å². The molecule has 114 valence electrons. The first-order valence-corrected chi connectivity index (χ1v) is 6.80. The standard InChI is InChI=1S/C14H17F3N4/c15-14(16,17)11-7-4-3-6-10(11)13-19-12(20-21-13)8-2-1-5-9-18/h3-4,6-7H,1-2,5,8-9,18H2,(H,19,20,21). The number of hydrogen-bond acceptors (Lipinski definition) is 3. The van der Waals surface area contributed by atoms with E-state index in [9.17, 15) is 13.2 Å². The second-order valence-electron chi connectivity index (χ2n) is 4.75. The van der Waals surface area contributed by atoms with Gasteiger partial charge in [-0.2, -0.15) is 18.3 Å². The van der Waals surface area contributed by atoms with Crippen molar-refractivity contribution < 1.29 is 13.2 Å². The fraction of sp³-hybridized carbons (Fsp3) is 0.429. The van der Waals surface area contributed by atoms with E-state index in [1.807, 2.05) is 0 Å². The number of nitrogens with two attached hydrogens (primary N) is 1. The van der Waals surface area contributed by atoms with Crippen molar-refractivity contribution in [3.05, 3.63) is 35.7 Å². The Morgan fingerprint density at radius 3 is 2.57 bits per heavy atom. The molecule has 0 amide bonds. The lowest BCUT2D eigenvalue weighted by Crippen LogP contribution is -2.07. The lowest BCUT2D eigenvalue weighted by atomic mass is 10.1. The van der Waals surface area contributed by atoms with Gasteiger partial charge in [0.05, 0.1) is 5.56 Å². The van der Waals surface area contributed by atoms with Crippen LogP contribution in [-0.2, 0) is 12.6 Å². The summed E-state index contributed by atoms with van der Waals surface area (Å²) in [5, 5.41) is 6.60. The molecule has 0 radical (unpaired) electrons. The lowest BCUT2D eigenvalue weighted by molar-refractivity contribution is -0.137. The topological polar surface area (TPSA) is 67.6 Å². The van der Waals surface area contributed by atoms with Crippen LogP contribution in [0.4, 0.5) is 13.2 Å². The predicted octanol–water partition coefficient (Wildman–Crippen LogP) is 3.16. The highest BCUT2D eigenvalue weighted by molar-refractivity contribution is 5.60. The number of alkyl halides is 3. The van der Waals surface area contributed by atoms with Crippen LogP contribution in [-0.4, -0.2) is 21.7 Å². The molecule has 0 fully saturated rings. The number of aromatic nitrogens is 3. The van der Waals surface area contributed by atoms with Crippen LogP contribution in [0, 0.1) is 0 Å². The van der Waals surface area contributed by atoms with E-state index >= 15 is 0 Å². The minimum Gasteiger partial charge on any atom is -0.330 e. The minimum absolute atomic E-state index is 0.00513. The van der Waals surface area contributed by atoms with E-state index in [0.717, 1.165) is 25.3 Å². The molecule has 0 aliphatic carbocycles. The number of rotatable bonds is 6. The Kier molecular flexibility index (Phi) is 4.95. The monoisotopic (exact) mass is 298 g/mol. The number of H-pyrrole nitrogens is 1. The molecule has 2 rings (SSSR count). The number of hydrogen-bond donors (Lipinski definition) is 2.